The zero-order valence-electron chi connectivity index (χ0n) is 23.2. The summed E-state index contributed by atoms with van der Waals surface area (Å²) < 4.78 is 5.73. The predicted molar refractivity (Wildman–Crippen MR) is 159 cm³/mol. The lowest BCUT2D eigenvalue weighted by Gasteiger charge is -2.37. The number of ketones is 1. The normalized spacial score (nSPS) is 15.5. The van der Waals surface area contributed by atoms with Gasteiger partial charge in [-0.2, -0.15) is 0 Å². The summed E-state index contributed by atoms with van der Waals surface area (Å²) in [7, 11) is 0. The first-order valence-corrected chi connectivity index (χ1v) is 14.6. The number of rotatable bonds is 13. The Hall–Kier alpha value is -3.52. The van der Waals surface area contributed by atoms with E-state index in [1.54, 1.807) is 5.01 Å². The van der Waals surface area contributed by atoms with Crippen molar-refractivity contribution in [3.8, 4) is 11.1 Å². The molecule has 7 nitrogen and oxygen atoms in total. The zero-order chi connectivity index (χ0) is 27.6. The van der Waals surface area contributed by atoms with Crippen LogP contribution in [0.1, 0.15) is 48.0 Å². The Labute approximate surface area is 237 Å². The number of carbonyl (C=O) groups excluding carboxylic acids is 2. The third kappa shape index (κ3) is 7.78. The minimum Gasteiger partial charge on any atom is -0.447 e. The molecule has 210 valence electrons. The van der Waals surface area contributed by atoms with Crippen LogP contribution >= 0.6 is 0 Å². The van der Waals surface area contributed by atoms with Gasteiger partial charge in [-0.05, 0) is 55.3 Å². The number of Topliss-reactive ketones (excluding diaryl/α,β-unsaturated/α-hetero) is 1. The summed E-state index contributed by atoms with van der Waals surface area (Å²) in [6, 6.07) is 25.9. The molecule has 1 saturated carbocycles. The fourth-order valence-electron chi connectivity index (χ4n) is 5.09. The molecule has 1 aliphatic carbocycles. The van der Waals surface area contributed by atoms with Crippen molar-refractivity contribution >= 4 is 17.6 Å². The molecule has 2 fully saturated rings. The predicted octanol–water partition coefficient (Wildman–Crippen LogP) is 5.67. The maximum absolute atomic E-state index is 13.5. The number of hydrogen-bond donors (Lipinski definition) is 2. The van der Waals surface area contributed by atoms with Gasteiger partial charge < -0.3 is 15.4 Å². The Morgan fingerprint density at radius 3 is 2.33 bits per heavy atom. The molecule has 1 saturated heterocycles. The molecule has 5 rings (SSSR count). The first kappa shape index (κ1) is 28.0. The summed E-state index contributed by atoms with van der Waals surface area (Å²) in [4.78, 5) is 26.1. The quantitative estimate of drug-likeness (QED) is 0.215. The van der Waals surface area contributed by atoms with Gasteiger partial charge in [-0.3, -0.25) is 4.79 Å². The highest BCUT2D eigenvalue weighted by Gasteiger charge is 2.28. The molecular weight excluding hydrogens is 500 g/mol. The van der Waals surface area contributed by atoms with Crippen molar-refractivity contribution in [1.29, 1.82) is 0 Å². The number of piperidine rings is 1. The van der Waals surface area contributed by atoms with E-state index in [0.717, 1.165) is 68.2 Å². The van der Waals surface area contributed by atoms with Gasteiger partial charge in [-0.15, -0.1) is 0 Å². The van der Waals surface area contributed by atoms with Crippen LogP contribution in [0.5, 0.6) is 0 Å². The Kier molecular flexibility index (Phi) is 9.96. The molecule has 0 radical (unpaired) electrons. The second-order valence-corrected chi connectivity index (χ2v) is 10.7. The Morgan fingerprint density at radius 1 is 0.850 bits per heavy atom. The minimum absolute atomic E-state index is 0.0237. The number of benzene rings is 3. The largest absolute Gasteiger partial charge is 0.447 e. The van der Waals surface area contributed by atoms with E-state index in [-0.39, 0.29) is 18.9 Å². The van der Waals surface area contributed by atoms with Crippen LogP contribution in [0.3, 0.4) is 0 Å². The van der Waals surface area contributed by atoms with Gasteiger partial charge in [-0.25, -0.2) is 14.8 Å². The summed E-state index contributed by atoms with van der Waals surface area (Å²) >= 11 is 0. The van der Waals surface area contributed by atoms with Crippen LogP contribution in [-0.2, 0) is 11.3 Å². The second-order valence-electron chi connectivity index (χ2n) is 10.7. The van der Waals surface area contributed by atoms with E-state index in [2.05, 4.69) is 27.8 Å². The van der Waals surface area contributed by atoms with E-state index in [1.807, 2.05) is 66.7 Å². The Balaban J connectivity index is 1.13. The third-order valence-electron chi connectivity index (χ3n) is 7.53. The van der Waals surface area contributed by atoms with Crippen LogP contribution in [0.2, 0.25) is 0 Å². The summed E-state index contributed by atoms with van der Waals surface area (Å²) in [5, 5.41) is 10.4. The number of carbonyl (C=O) groups is 2. The minimum atomic E-state index is -0.399. The lowest BCUT2D eigenvalue weighted by atomic mass is 10.0. The van der Waals surface area contributed by atoms with Crippen molar-refractivity contribution < 1.29 is 14.3 Å². The second kappa shape index (κ2) is 14.2. The molecule has 2 N–H and O–H groups in total. The first-order valence-electron chi connectivity index (χ1n) is 14.6. The SMILES string of the molecule is O=C(CNCCOC(=O)N(c1ccccc1-c1ccccc1)N1CCCCC1)c1ccc(CNCC2CC2)cc1. The van der Waals surface area contributed by atoms with E-state index in [9.17, 15) is 9.59 Å². The zero-order valence-corrected chi connectivity index (χ0v) is 23.2. The average Bonchev–Trinajstić information content (AvgIpc) is 3.83. The molecule has 3 aromatic carbocycles. The first-order chi connectivity index (χ1) is 19.7. The van der Waals surface area contributed by atoms with Crippen molar-refractivity contribution in [3.63, 3.8) is 0 Å². The van der Waals surface area contributed by atoms with Gasteiger partial charge in [-0.1, -0.05) is 79.2 Å². The van der Waals surface area contributed by atoms with E-state index >= 15 is 0 Å². The van der Waals surface area contributed by atoms with E-state index in [4.69, 9.17) is 4.74 Å². The number of anilines is 1. The van der Waals surface area contributed by atoms with Crippen LogP contribution in [0, 0.1) is 5.92 Å². The molecule has 7 heteroatoms. The smallest absolute Gasteiger partial charge is 0.429 e. The highest BCUT2D eigenvalue weighted by Crippen LogP contribution is 2.33. The van der Waals surface area contributed by atoms with Gasteiger partial charge in [0.05, 0.1) is 12.2 Å². The Bertz CT molecular complexity index is 1240. The summed E-state index contributed by atoms with van der Waals surface area (Å²) in [6.07, 6.45) is 5.52. The van der Waals surface area contributed by atoms with Crippen molar-refractivity contribution in [3.05, 3.63) is 90.0 Å². The van der Waals surface area contributed by atoms with Crippen LogP contribution in [-0.4, -0.2) is 56.2 Å². The molecule has 1 aliphatic heterocycles. The van der Waals surface area contributed by atoms with Gasteiger partial charge in [0.2, 0.25) is 0 Å². The summed E-state index contributed by atoms with van der Waals surface area (Å²) in [5.74, 6) is 0.875. The van der Waals surface area contributed by atoms with Gasteiger partial charge in [0.25, 0.3) is 0 Å². The van der Waals surface area contributed by atoms with E-state index in [0.29, 0.717) is 12.1 Å². The molecular formula is C33H40N4O3. The number of ether oxygens (including phenoxy) is 1. The fourth-order valence-corrected chi connectivity index (χ4v) is 5.09. The van der Waals surface area contributed by atoms with Crippen molar-refractivity contribution in [2.45, 2.75) is 38.6 Å². The molecule has 3 aromatic rings. The lowest BCUT2D eigenvalue weighted by molar-refractivity contribution is 0.0986. The number of nitrogens with zero attached hydrogens (tertiary/aromatic N) is 2. The van der Waals surface area contributed by atoms with Gasteiger partial charge in [0.15, 0.2) is 5.78 Å². The highest BCUT2D eigenvalue weighted by molar-refractivity contribution is 5.97. The topological polar surface area (TPSA) is 73.9 Å². The van der Waals surface area contributed by atoms with Gasteiger partial charge in [0, 0.05) is 37.3 Å². The molecule has 0 aromatic heterocycles. The van der Waals surface area contributed by atoms with Crippen LogP contribution < -0.4 is 15.6 Å². The molecule has 0 atom stereocenters. The average molecular weight is 541 g/mol. The molecule has 2 aliphatic rings. The van der Waals surface area contributed by atoms with Crippen molar-refractivity contribution in [1.82, 2.24) is 15.6 Å². The molecule has 1 heterocycles. The molecule has 1 amide bonds. The third-order valence-corrected chi connectivity index (χ3v) is 7.53. The maximum atomic E-state index is 13.5. The molecule has 0 unspecified atom stereocenters. The van der Waals surface area contributed by atoms with Crippen molar-refractivity contribution in [2.75, 3.05) is 44.3 Å². The van der Waals surface area contributed by atoms with Gasteiger partial charge >= 0.3 is 6.09 Å². The van der Waals surface area contributed by atoms with E-state index < -0.39 is 6.09 Å². The number of nitrogens with one attached hydrogen (secondary N) is 2. The standard InChI is InChI=1S/C33H40N4O3/c38-32(29-17-15-27(16-18-29)24-35-23-26-13-14-26)25-34-19-22-40-33(39)37(36-20-7-2-8-21-36)31-12-6-5-11-30(31)28-9-3-1-4-10-28/h1,3-6,9-12,15-18,26,34-35H,2,7-8,13-14,19-25H2. The van der Waals surface area contributed by atoms with Gasteiger partial charge in [0.1, 0.15) is 6.61 Å². The monoisotopic (exact) mass is 540 g/mol. The molecule has 40 heavy (non-hydrogen) atoms. The maximum Gasteiger partial charge on any atom is 0.429 e. The number of hydrogen-bond acceptors (Lipinski definition) is 6. The van der Waals surface area contributed by atoms with Crippen LogP contribution in [0.4, 0.5) is 10.5 Å². The summed E-state index contributed by atoms with van der Waals surface area (Å²) in [5.41, 5.74) is 4.72. The molecule has 0 spiro atoms. The van der Waals surface area contributed by atoms with E-state index in [1.165, 1.54) is 18.4 Å². The van der Waals surface area contributed by atoms with Crippen molar-refractivity contribution in [2.24, 2.45) is 5.92 Å². The summed E-state index contributed by atoms with van der Waals surface area (Å²) in [6.45, 7) is 4.29. The number of amides is 1. The fraction of sp³-hybridized carbons (Fsp3) is 0.394. The van der Waals surface area contributed by atoms with Crippen LogP contribution in [0.15, 0.2) is 78.9 Å². The number of hydrazine groups is 1. The Morgan fingerprint density at radius 2 is 1.57 bits per heavy atom. The molecule has 0 bridgehead atoms. The van der Waals surface area contributed by atoms with Crippen LogP contribution in [0.25, 0.3) is 11.1 Å². The highest BCUT2D eigenvalue weighted by atomic mass is 16.6. The number of para-hydroxylation sites is 1. The lowest BCUT2D eigenvalue weighted by Crippen LogP contribution is -2.50.